The molecule has 0 fully saturated rings. The maximum Gasteiger partial charge on any atom is 0.329 e. The monoisotopic (exact) mass is 260 g/mol. The molecule has 2 N–H and O–H groups in total. The van der Waals surface area contributed by atoms with Crippen LogP contribution in [-0.4, -0.2) is 51.3 Å². The fraction of sp³-hybridized carbons (Fsp3) is 0.833. The van der Waals surface area contributed by atoms with Gasteiger partial charge in [-0.2, -0.15) is 0 Å². The molecule has 1 unspecified atom stereocenters. The van der Waals surface area contributed by atoms with Crippen molar-refractivity contribution in [2.75, 3.05) is 33.4 Å². The molecule has 0 saturated carbocycles. The summed E-state index contributed by atoms with van der Waals surface area (Å²) in [4.78, 5) is 22.3. The van der Waals surface area contributed by atoms with Crippen molar-refractivity contribution in [3.63, 3.8) is 0 Å². The van der Waals surface area contributed by atoms with Crippen LogP contribution in [-0.2, 0) is 19.1 Å². The Bertz CT molecular complexity index is 256. The van der Waals surface area contributed by atoms with E-state index in [1.54, 1.807) is 0 Å². The third kappa shape index (κ3) is 8.95. The Morgan fingerprint density at radius 3 is 2.44 bits per heavy atom. The second kappa shape index (κ2) is 9.85. The number of amides is 1. The molecule has 0 heterocycles. The van der Waals surface area contributed by atoms with Crippen molar-refractivity contribution in [1.29, 1.82) is 0 Å². The Labute approximate surface area is 108 Å². The number of rotatable bonds is 9. The minimum atomic E-state index is -0.655. The van der Waals surface area contributed by atoms with Crippen molar-refractivity contribution in [3.8, 4) is 0 Å². The lowest BCUT2D eigenvalue weighted by molar-refractivity contribution is -0.144. The van der Waals surface area contributed by atoms with E-state index in [1.165, 1.54) is 14.0 Å². The molecule has 0 spiro atoms. The van der Waals surface area contributed by atoms with E-state index in [0.717, 1.165) is 0 Å². The summed E-state index contributed by atoms with van der Waals surface area (Å²) >= 11 is 0. The van der Waals surface area contributed by atoms with Crippen molar-refractivity contribution < 1.29 is 19.1 Å². The molecule has 0 bridgehead atoms. The third-order valence-corrected chi connectivity index (χ3v) is 2.09. The van der Waals surface area contributed by atoms with Crippen LogP contribution in [0.4, 0.5) is 0 Å². The molecule has 0 aliphatic rings. The molecule has 0 aromatic rings. The van der Waals surface area contributed by atoms with Crippen LogP contribution in [0.5, 0.6) is 0 Å². The summed E-state index contributed by atoms with van der Waals surface area (Å²) in [6.45, 7) is 7.77. The van der Waals surface area contributed by atoms with E-state index in [4.69, 9.17) is 4.74 Å². The summed E-state index contributed by atoms with van der Waals surface area (Å²) in [5, 5.41) is 5.56. The maximum atomic E-state index is 11.3. The summed E-state index contributed by atoms with van der Waals surface area (Å²) in [7, 11) is 1.29. The normalized spacial score (nSPS) is 12.3. The number of carbonyl (C=O) groups is 2. The van der Waals surface area contributed by atoms with Crippen LogP contribution in [0.2, 0.25) is 0 Å². The first-order valence-corrected chi connectivity index (χ1v) is 6.10. The first kappa shape index (κ1) is 16.9. The zero-order valence-electron chi connectivity index (χ0n) is 11.6. The first-order valence-electron chi connectivity index (χ1n) is 6.10. The highest BCUT2D eigenvalue weighted by molar-refractivity contribution is 5.83. The molecular weight excluding hydrogens is 236 g/mol. The Morgan fingerprint density at radius 1 is 1.28 bits per heavy atom. The van der Waals surface area contributed by atoms with Crippen molar-refractivity contribution in [1.82, 2.24) is 10.6 Å². The Kier molecular flexibility index (Phi) is 9.22. The third-order valence-electron chi connectivity index (χ3n) is 2.09. The van der Waals surface area contributed by atoms with E-state index in [2.05, 4.69) is 29.2 Å². The summed E-state index contributed by atoms with van der Waals surface area (Å²) < 4.78 is 9.98. The molecule has 0 radical (unpaired) electrons. The van der Waals surface area contributed by atoms with Gasteiger partial charge in [0, 0.05) is 26.6 Å². The van der Waals surface area contributed by atoms with Crippen LogP contribution in [0.15, 0.2) is 0 Å². The summed E-state index contributed by atoms with van der Waals surface area (Å²) in [5.74, 6) is -0.212. The molecule has 1 atom stereocenters. The van der Waals surface area contributed by atoms with Crippen molar-refractivity contribution >= 4 is 11.9 Å². The molecule has 0 aliphatic carbocycles. The van der Waals surface area contributed by atoms with Crippen LogP contribution in [0.1, 0.15) is 20.8 Å². The Balaban J connectivity index is 3.76. The average Bonchev–Trinajstić information content (AvgIpc) is 2.30. The second-order valence-corrected chi connectivity index (χ2v) is 4.45. The molecule has 0 aromatic carbocycles. The predicted octanol–water partition coefficient (Wildman–Crippen LogP) is -0.0737. The minimum Gasteiger partial charge on any atom is -0.467 e. The van der Waals surface area contributed by atoms with Crippen LogP contribution >= 0.6 is 0 Å². The highest BCUT2D eigenvalue weighted by Crippen LogP contribution is 1.91. The van der Waals surface area contributed by atoms with E-state index in [-0.39, 0.29) is 5.91 Å². The first-order chi connectivity index (χ1) is 8.47. The number of nitrogens with one attached hydrogen (secondary N) is 2. The van der Waals surface area contributed by atoms with Gasteiger partial charge in [-0.3, -0.25) is 4.79 Å². The molecular formula is C12H24N2O4. The lowest BCUT2D eigenvalue weighted by Crippen LogP contribution is -2.47. The number of esters is 1. The van der Waals surface area contributed by atoms with Gasteiger partial charge in [0.1, 0.15) is 6.04 Å². The zero-order valence-corrected chi connectivity index (χ0v) is 11.6. The molecule has 0 saturated heterocycles. The van der Waals surface area contributed by atoms with Gasteiger partial charge in [0.25, 0.3) is 0 Å². The average molecular weight is 260 g/mol. The molecule has 1 amide bonds. The van der Waals surface area contributed by atoms with Crippen molar-refractivity contribution in [2.45, 2.75) is 26.8 Å². The number of carbonyl (C=O) groups excluding carboxylic acids is 2. The number of methoxy groups -OCH3 is 1. The summed E-state index contributed by atoms with van der Waals surface area (Å²) in [6, 6.07) is -0.655. The highest BCUT2D eigenvalue weighted by atomic mass is 16.5. The predicted molar refractivity (Wildman–Crippen MR) is 68.1 cm³/mol. The topological polar surface area (TPSA) is 76.7 Å². The van der Waals surface area contributed by atoms with Gasteiger partial charge in [-0.25, -0.2) is 4.79 Å². The van der Waals surface area contributed by atoms with Crippen molar-refractivity contribution in [2.24, 2.45) is 5.92 Å². The van der Waals surface area contributed by atoms with E-state index < -0.39 is 12.0 Å². The standard InChI is InChI=1S/C12H24N2O4/c1-9(2)8-18-6-5-13-7-11(12(16)17-4)14-10(3)15/h9,11,13H,5-8H2,1-4H3,(H,14,15). The van der Waals surface area contributed by atoms with Gasteiger partial charge in [0.05, 0.1) is 13.7 Å². The Morgan fingerprint density at radius 2 is 1.94 bits per heavy atom. The molecule has 6 heteroatoms. The molecule has 6 nitrogen and oxygen atoms in total. The lowest BCUT2D eigenvalue weighted by Gasteiger charge is -2.16. The van der Waals surface area contributed by atoms with E-state index >= 15 is 0 Å². The SMILES string of the molecule is COC(=O)C(CNCCOCC(C)C)NC(C)=O. The van der Waals surface area contributed by atoms with Gasteiger partial charge in [-0.15, -0.1) is 0 Å². The number of hydrogen-bond donors (Lipinski definition) is 2. The van der Waals surface area contributed by atoms with E-state index in [1.807, 2.05) is 0 Å². The molecule has 0 aromatic heterocycles. The van der Waals surface area contributed by atoms with Crippen LogP contribution in [0, 0.1) is 5.92 Å². The molecule has 18 heavy (non-hydrogen) atoms. The van der Waals surface area contributed by atoms with Crippen molar-refractivity contribution in [3.05, 3.63) is 0 Å². The van der Waals surface area contributed by atoms with Crippen LogP contribution < -0.4 is 10.6 Å². The molecule has 0 aliphatic heterocycles. The van der Waals surface area contributed by atoms with E-state index in [0.29, 0.717) is 32.2 Å². The van der Waals surface area contributed by atoms with Gasteiger partial charge in [-0.1, -0.05) is 13.8 Å². The van der Waals surface area contributed by atoms with Gasteiger partial charge >= 0.3 is 5.97 Å². The van der Waals surface area contributed by atoms with Gasteiger partial charge < -0.3 is 20.1 Å². The van der Waals surface area contributed by atoms with Crippen LogP contribution in [0.3, 0.4) is 0 Å². The fourth-order valence-corrected chi connectivity index (χ4v) is 1.29. The molecule has 106 valence electrons. The highest BCUT2D eigenvalue weighted by Gasteiger charge is 2.19. The molecule has 0 rings (SSSR count). The van der Waals surface area contributed by atoms with Gasteiger partial charge in [0.2, 0.25) is 5.91 Å². The smallest absolute Gasteiger partial charge is 0.329 e. The lowest BCUT2D eigenvalue weighted by atomic mass is 10.2. The van der Waals surface area contributed by atoms with Gasteiger partial charge in [0.15, 0.2) is 0 Å². The number of ether oxygens (including phenoxy) is 2. The van der Waals surface area contributed by atoms with Gasteiger partial charge in [-0.05, 0) is 5.92 Å². The Hall–Kier alpha value is -1.14. The van der Waals surface area contributed by atoms with Crippen LogP contribution in [0.25, 0.3) is 0 Å². The minimum absolute atomic E-state index is 0.261. The number of hydrogen-bond acceptors (Lipinski definition) is 5. The second-order valence-electron chi connectivity index (χ2n) is 4.45. The summed E-state index contributed by atoms with van der Waals surface area (Å²) in [6.07, 6.45) is 0. The largest absolute Gasteiger partial charge is 0.467 e. The maximum absolute atomic E-state index is 11.3. The fourth-order valence-electron chi connectivity index (χ4n) is 1.29. The quantitative estimate of drug-likeness (QED) is 0.448. The summed E-state index contributed by atoms with van der Waals surface area (Å²) in [5.41, 5.74) is 0. The zero-order chi connectivity index (χ0) is 14.0. The van der Waals surface area contributed by atoms with E-state index in [9.17, 15) is 9.59 Å².